The van der Waals surface area contributed by atoms with Crippen molar-refractivity contribution >= 4 is 35.2 Å². The van der Waals surface area contributed by atoms with Crippen LogP contribution in [0, 0.1) is 10.1 Å². The van der Waals surface area contributed by atoms with Gasteiger partial charge >= 0.3 is 5.97 Å². The van der Waals surface area contributed by atoms with Gasteiger partial charge in [-0.25, -0.2) is 9.79 Å². The second-order valence-corrected chi connectivity index (χ2v) is 5.67. The fourth-order valence-electron chi connectivity index (χ4n) is 2.34. The summed E-state index contributed by atoms with van der Waals surface area (Å²) < 4.78 is 10.5. The summed E-state index contributed by atoms with van der Waals surface area (Å²) in [5, 5.41) is 11.0. The van der Waals surface area contributed by atoms with E-state index in [0.717, 1.165) is 5.56 Å². The molecule has 0 radical (unpaired) electrons. The lowest BCUT2D eigenvalue weighted by Crippen LogP contribution is -2.06. The number of nitrogens with zero attached hydrogens (tertiary/aromatic N) is 2. The fourth-order valence-corrected chi connectivity index (χ4v) is 2.52. The molecule has 0 spiro atoms. The van der Waals surface area contributed by atoms with Crippen LogP contribution in [0.15, 0.2) is 53.2 Å². The van der Waals surface area contributed by atoms with Gasteiger partial charge in [0.2, 0.25) is 5.90 Å². The molecule has 0 atom stereocenters. The van der Waals surface area contributed by atoms with Crippen molar-refractivity contribution in [1.29, 1.82) is 0 Å². The number of hydrogen-bond acceptors (Lipinski definition) is 6. The van der Waals surface area contributed by atoms with Gasteiger partial charge in [0.05, 0.1) is 11.5 Å². The monoisotopic (exact) mass is 372 g/mol. The van der Waals surface area contributed by atoms with Gasteiger partial charge in [-0.3, -0.25) is 10.1 Å². The highest BCUT2D eigenvalue weighted by Gasteiger charge is 2.26. The molecule has 0 aliphatic carbocycles. The number of nitro groups is 1. The first-order chi connectivity index (χ1) is 12.5. The van der Waals surface area contributed by atoms with Crippen molar-refractivity contribution < 1.29 is 19.2 Å². The first kappa shape index (κ1) is 17.6. The van der Waals surface area contributed by atoms with Crippen molar-refractivity contribution in [3.05, 3.63) is 74.4 Å². The van der Waals surface area contributed by atoms with Crippen molar-refractivity contribution in [3.63, 3.8) is 0 Å². The highest BCUT2D eigenvalue weighted by molar-refractivity contribution is 6.32. The molecular weight excluding hydrogens is 360 g/mol. The van der Waals surface area contributed by atoms with E-state index in [1.807, 2.05) is 6.92 Å². The lowest BCUT2D eigenvalue weighted by molar-refractivity contribution is -0.384. The van der Waals surface area contributed by atoms with Crippen molar-refractivity contribution in [3.8, 4) is 5.75 Å². The number of rotatable bonds is 5. The Morgan fingerprint density at radius 2 is 2.12 bits per heavy atom. The molecule has 0 N–H and O–H groups in total. The third-order valence-corrected chi connectivity index (χ3v) is 3.80. The van der Waals surface area contributed by atoms with Gasteiger partial charge in [0.1, 0.15) is 10.8 Å². The number of hydrogen-bond donors (Lipinski definition) is 0. The van der Waals surface area contributed by atoms with E-state index >= 15 is 0 Å². The summed E-state index contributed by atoms with van der Waals surface area (Å²) in [7, 11) is 0. The summed E-state index contributed by atoms with van der Waals surface area (Å²) in [6.07, 6.45) is 1.56. The van der Waals surface area contributed by atoms with E-state index in [0.29, 0.717) is 17.9 Å². The van der Waals surface area contributed by atoms with E-state index in [1.165, 1.54) is 18.2 Å². The van der Waals surface area contributed by atoms with Gasteiger partial charge in [-0.2, -0.15) is 0 Å². The molecule has 8 heteroatoms. The minimum absolute atomic E-state index is 0.00724. The van der Waals surface area contributed by atoms with Crippen molar-refractivity contribution in [2.75, 3.05) is 6.61 Å². The minimum atomic E-state index is -0.639. The fraction of sp³-hybridized carbons (Fsp3) is 0.111. The zero-order valence-electron chi connectivity index (χ0n) is 13.6. The highest BCUT2D eigenvalue weighted by Crippen LogP contribution is 2.27. The SMILES string of the molecule is CCOc1cccc(/C=C2/N=C(c3ccc(Cl)c([N+](=O)[O-])c3)OC2=O)c1. The van der Waals surface area contributed by atoms with Crippen LogP contribution in [0.4, 0.5) is 5.69 Å². The maximum absolute atomic E-state index is 12.1. The van der Waals surface area contributed by atoms with Gasteiger partial charge in [-0.1, -0.05) is 23.7 Å². The van der Waals surface area contributed by atoms with Crippen LogP contribution >= 0.6 is 11.6 Å². The number of esters is 1. The van der Waals surface area contributed by atoms with E-state index in [2.05, 4.69) is 4.99 Å². The van der Waals surface area contributed by atoms with Crippen LogP contribution < -0.4 is 4.74 Å². The Hall–Kier alpha value is -3.19. The second-order valence-electron chi connectivity index (χ2n) is 5.26. The Morgan fingerprint density at radius 3 is 2.85 bits per heavy atom. The van der Waals surface area contributed by atoms with Crippen LogP contribution in [0.5, 0.6) is 5.75 Å². The summed E-state index contributed by atoms with van der Waals surface area (Å²) >= 11 is 5.79. The standard InChI is InChI=1S/C18H13ClN2O5/c1-2-25-13-5-3-4-11(8-13)9-15-18(22)26-17(20-15)12-6-7-14(19)16(10-12)21(23)24/h3-10H,2H2,1H3/b15-9+. The predicted octanol–water partition coefficient (Wildman–Crippen LogP) is 3.99. The summed E-state index contributed by atoms with van der Waals surface area (Å²) in [6, 6.07) is 11.2. The quantitative estimate of drug-likeness (QED) is 0.342. The minimum Gasteiger partial charge on any atom is -0.494 e. The predicted molar refractivity (Wildman–Crippen MR) is 96.3 cm³/mol. The maximum Gasteiger partial charge on any atom is 0.363 e. The Balaban J connectivity index is 1.93. The molecule has 7 nitrogen and oxygen atoms in total. The molecule has 2 aromatic rings. The number of carbonyl (C=O) groups is 1. The molecule has 132 valence electrons. The third kappa shape index (κ3) is 3.73. The van der Waals surface area contributed by atoms with Crippen LogP contribution in [-0.2, 0) is 9.53 Å². The lowest BCUT2D eigenvalue weighted by atomic mass is 10.2. The van der Waals surface area contributed by atoms with Crippen LogP contribution in [0.3, 0.4) is 0 Å². The van der Waals surface area contributed by atoms with Crippen LogP contribution in [0.2, 0.25) is 5.02 Å². The lowest BCUT2D eigenvalue weighted by Gasteiger charge is -2.03. The van der Waals surface area contributed by atoms with Gasteiger partial charge in [0.15, 0.2) is 5.70 Å². The number of halogens is 1. The first-order valence-electron chi connectivity index (χ1n) is 7.67. The molecule has 1 heterocycles. The summed E-state index contributed by atoms with van der Waals surface area (Å²) in [5.74, 6) is 0.0205. The number of carbonyl (C=O) groups excluding carboxylic acids is 1. The van der Waals surface area contributed by atoms with Gasteiger partial charge < -0.3 is 9.47 Å². The average Bonchev–Trinajstić information content (AvgIpc) is 2.96. The van der Waals surface area contributed by atoms with Crippen molar-refractivity contribution in [1.82, 2.24) is 0 Å². The molecule has 1 aliphatic heterocycles. The molecule has 0 saturated carbocycles. The Kier molecular flexibility index (Phi) is 4.99. The summed E-state index contributed by atoms with van der Waals surface area (Å²) in [6.45, 7) is 2.40. The van der Waals surface area contributed by atoms with E-state index in [-0.39, 0.29) is 22.3 Å². The van der Waals surface area contributed by atoms with Gasteiger partial charge in [0, 0.05) is 11.6 Å². The van der Waals surface area contributed by atoms with E-state index in [1.54, 1.807) is 30.3 Å². The topological polar surface area (TPSA) is 91.0 Å². The Labute approximate surface area is 153 Å². The largest absolute Gasteiger partial charge is 0.494 e. The molecule has 2 aromatic carbocycles. The van der Waals surface area contributed by atoms with Crippen LogP contribution in [0.25, 0.3) is 6.08 Å². The molecule has 26 heavy (non-hydrogen) atoms. The zero-order valence-corrected chi connectivity index (χ0v) is 14.4. The normalized spacial score (nSPS) is 14.9. The average molecular weight is 373 g/mol. The number of nitro benzene ring substituents is 1. The summed E-state index contributed by atoms with van der Waals surface area (Å²) in [4.78, 5) is 26.6. The molecule has 3 rings (SSSR count). The zero-order chi connectivity index (χ0) is 18.7. The molecule has 0 amide bonds. The third-order valence-electron chi connectivity index (χ3n) is 3.48. The smallest absolute Gasteiger partial charge is 0.363 e. The first-order valence-corrected chi connectivity index (χ1v) is 8.05. The highest BCUT2D eigenvalue weighted by atomic mass is 35.5. The number of ether oxygens (including phenoxy) is 2. The molecular formula is C18H13ClN2O5. The van der Waals surface area contributed by atoms with Crippen LogP contribution in [0.1, 0.15) is 18.1 Å². The van der Waals surface area contributed by atoms with Crippen LogP contribution in [-0.4, -0.2) is 23.4 Å². The molecule has 0 saturated heterocycles. The molecule has 1 aliphatic rings. The maximum atomic E-state index is 12.1. The molecule has 0 unspecified atom stereocenters. The molecule has 0 bridgehead atoms. The second kappa shape index (κ2) is 7.37. The molecule has 0 fully saturated rings. The van der Waals surface area contributed by atoms with E-state index in [9.17, 15) is 14.9 Å². The Morgan fingerprint density at radius 1 is 1.31 bits per heavy atom. The van der Waals surface area contributed by atoms with E-state index < -0.39 is 10.9 Å². The van der Waals surface area contributed by atoms with Crippen molar-refractivity contribution in [2.45, 2.75) is 6.92 Å². The number of cyclic esters (lactones) is 1. The molecule has 0 aromatic heterocycles. The number of benzene rings is 2. The van der Waals surface area contributed by atoms with Gasteiger partial charge in [0.25, 0.3) is 5.69 Å². The number of aliphatic imine (C=N–C) groups is 1. The van der Waals surface area contributed by atoms with Gasteiger partial charge in [-0.15, -0.1) is 0 Å². The Bertz CT molecular complexity index is 952. The van der Waals surface area contributed by atoms with Crippen molar-refractivity contribution in [2.24, 2.45) is 4.99 Å². The van der Waals surface area contributed by atoms with Gasteiger partial charge in [-0.05, 0) is 42.8 Å². The summed E-state index contributed by atoms with van der Waals surface area (Å²) in [5.41, 5.74) is 0.812. The van der Waals surface area contributed by atoms with E-state index in [4.69, 9.17) is 21.1 Å².